The maximum atomic E-state index is 11.2. The van der Waals surface area contributed by atoms with Crippen molar-refractivity contribution in [3.63, 3.8) is 0 Å². The fourth-order valence-corrected chi connectivity index (χ4v) is 2.60. The van der Waals surface area contributed by atoms with Crippen molar-refractivity contribution in [2.45, 2.75) is 39.2 Å². The molecule has 0 aromatic heterocycles. The van der Waals surface area contributed by atoms with Crippen LogP contribution in [0.2, 0.25) is 0 Å². The molecule has 1 saturated heterocycles. The second-order valence-electron chi connectivity index (χ2n) is 4.19. The smallest absolute Gasteiger partial charge is 0.219 e. The first kappa shape index (κ1) is 8.09. The van der Waals surface area contributed by atoms with Gasteiger partial charge in [-0.05, 0) is 24.7 Å². The van der Waals surface area contributed by atoms with Gasteiger partial charge in [-0.2, -0.15) is 0 Å². The van der Waals surface area contributed by atoms with Gasteiger partial charge in [0.25, 0.3) is 0 Å². The number of amides is 1. The molecule has 2 aliphatic rings. The summed E-state index contributed by atoms with van der Waals surface area (Å²) >= 11 is 0. The van der Waals surface area contributed by atoms with Crippen molar-refractivity contribution in [1.29, 1.82) is 0 Å². The van der Waals surface area contributed by atoms with Crippen molar-refractivity contribution in [3.05, 3.63) is 0 Å². The summed E-state index contributed by atoms with van der Waals surface area (Å²) in [7, 11) is 0. The van der Waals surface area contributed by atoms with Crippen LogP contribution in [0.25, 0.3) is 0 Å². The Kier molecular flexibility index (Phi) is 1.85. The molecule has 12 heavy (non-hydrogen) atoms. The quantitative estimate of drug-likeness (QED) is 0.612. The third-order valence-corrected chi connectivity index (χ3v) is 3.29. The number of fused-ring (bicyclic) bond motifs is 1. The first-order valence-electron chi connectivity index (χ1n) is 5.01. The van der Waals surface area contributed by atoms with E-state index in [0.29, 0.717) is 6.04 Å². The van der Waals surface area contributed by atoms with Gasteiger partial charge >= 0.3 is 0 Å². The van der Waals surface area contributed by atoms with Crippen molar-refractivity contribution in [2.75, 3.05) is 6.54 Å². The highest BCUT2D eigenvalue weighted by molar-refractivity contribution is 5.74. The van der Waals surface area contributed by atoms with Gasteiger partial charge in [0.15, 0.2) is 0 Å². The van der Waals surface area contributed by atoms with Gasteiger partial charge in [0, 0.05) is 19.5 Å². The molecule has 0 radical (unpaired) electrons. The summed E-state index contributed by atoms with van der Waals surface area (Å²) in [5.41, 5.74) is 0. The minimum atomic E-state index is 0.278. The van der Waals surface area contributed by atoms with Crippen molar-refractivity contribution in [2.24, 2.45) is 11.8 Å². The van der Waals surface area contributed by atoms with Crippen LogP contribution in [0.4, 0.5) is 0 Å². The summed E-state index contributed by atoms with van der Waals surface area (Å²) < 4.78 is 0. The van der Waals surface area contributed by atoms with E-state index < -0.39 is 0 Å². The molecule has 1 aliphatic heterocycles. The lowest BCUT2D eigenvalue weighted by Gasteiger charge is -2.25. The molecule has 1 heterocycles. The van der Waals surface area contributed by atoms with Crippen molar-refractivity contribution in [3.8, 4) is 0 Å². The SMILES string of the molecule is CCC[C@@H]1[C@@H]2C[C@@H]2CN1C(C)=O. The van der Waals surface area contributed by atoms with Crippen LogP contribution in [-0.4, -0.2) is 23.4 Å². The lowest BCUT2D eigenvalue weighted by Crippen LogP contribution is -2.36. The van der Waals surface area contributed by atoms with Gasteiger partial charge in [-0.1, -0.05) is 13.3 Å². The Bertz CT molecular complexity index is 202. The monoisotopic (exact) mass is 167 g/mol. The predicted octanol–water partition coefficient (Wildman–Crippen LogP) is 1.65. The Hall–Kier alpha value is -0.530. The Morgan fingerprint density at radius 3 is 2.92 bits per heavy atom. The standard InChI is InChI=1S/C10H17NO/c1-3-4-10-9-5-8(9)6-11(10)7(2)12/h8-10H,3-6H2,1-2H3/t8-,9-,10-/m1/s1. The highest BCUT2D eigenvalue weighted by atomic mass is 16.2. The number of nitrogens with zero attached hydrogens (tertiary/aromatic N) is 1. The molecule has 2 rings (SSSR count). The fourth-order valence-electron chi connectivity index (χ4n) is 2.60. The minimum Gasteiger partial charge on any atom is -0.339 e. The minimum absolute atomic E-state index is 0.278. The van der Waals surface area contributed by atoms with Crippen LogP contribution in [0.1, 0.15) is 33.1 Å². The molecule has 2 nitrogen and oxygen atoms in total. The van der Waals surface area contributed by atoms with E-state index in [0.717, 1.165) is 18.4 Å². The second-order valence-corrected chi connectivity index (χ2v) is 4.19. The first-order chi connectivity index (χ1) is 5.74. The van der Waals surface area contributed by atoms with E-state index in [1.165, 1.54) is 19.3 Å². The Morgan fingerprint density at radius 2 is 2.33 bits per heavy atom. The topological polar surface area (TPSA) is 20.3 Å². The van der Waals surface area contributed by atoms with Crippen LogP contribution >= 0.6 is 0 Å². The molecule has 1 amide bonds. The average molecular weight is 167 g/mol. The number of hydrogen-bond donors (Lipinski definition) is 0. The molecular weight excluding hydrogens is 150 g/mol. The van der Waals surface area contributed by atoms with Gasteiger partial charge in [-0.15, -0.1) is 0 Å². The molecule has 0 N–H and O–H groups in total. The van der Waals surface area contributed by atoms with Crippen LogP contribution in [0.15, 0.2) is 0 Å². The molecule has 0 unspecified atom stereocenters. The van der Waals surface area contributed by atoms with Gasteiger partial charge in [-0.25, -0.2) is 0 Å². The first-order valence-corrected chi connectivity index (χ1v) is 5.01. The molecule has 3 atom stereocenters. The summed E-state index contributed by atoms with van der Waals surface area (Å²) in [6, 6.07) is 0.595. The van der Waals surface area contributed by atoms with Crippen LogP contribution in [0.5, 0.6) is 0 Å². The Morgan fingerprint density at radius 1 is 1.58 bits per heavy atom. The number of hydrogen-bond acceptors (Lipinski definition) is 1. The highest BCUT2D eigenvalue weighted by Gasteiger charge is 2.52. The number of rotatable bonds is 2. The number of piperidine rings is 1. The highest BCUT2D eigenvalue weighted by Crippen LogP contribution is 2.50. The summed E-state index contributed by atoms with van der Waals surface area (Å²) in [6.45, 7) is 4.95. The lowest BCUT2D eigenvalue weighted by molar-refractivity contribution is -0.130. The van der Waals surface area contributed by atoms with Crippen molar-refractivity contribution >= 4 is 5.91 Å². The zero-order valence-electron chi connectivity index (χ0n) is 7.92. The van der Waals surface area contributed by atoms with E-state index in [1.54, 1.807) is 6.92 Å². The van der Waals surface area contributed by atoms with E-state index in [2.05, 4.69) is 11.8 Å². The number of carbonyl (C=O) groups excluding carboxylic acids is 1. The molecule has 0 bridgehead atoms. The lowest BCUT2D eigenvalue weighted by atomic mass is 10.1. The van der Waals surface area contributed by atoms with E-state index in [-0.39, 0.29) is 5.91 Å². The van der Waals surface area contributed by atoms with Crippen molar-refractivity contribution in [1.82, 2.24) is 4.90 Å². The Labute approximate surface area is 73.9 Å². The molecule has 0 aromatic rings. The maximum Gasteiger partial charge on any atom is 0.219 e. The molecular formula is C10H17NO. The van der Waals surface area contributed by atoms with Crippen LogP contribution in [-0.2, 0) is 4.79 Å². The van der Waals surface area contributed by atoms with Crippen LogP contribution < -0.4 is 0 Å². The normalized spacial score (nSPS) is 38.2. The predicted molar refractivity (Wildman–Crippen MR) is 47.7 cm³/mol. The summed E-state index contributed by atoms with van der Waals surface area (Å²) in [5.74, 6) is 2.01. The van der Waals surface area contributed by atoms with E-state index in [4.69, 9.17) is 0 Å². The number of carbonyl (C=O) groups is 1. The summed E-state index contributed by atoms with van der Waals surface area (Å²) in [5, 5.41) is 0. The molecule has 1 aliphatic carbocycles. The summed E-state index contributed by atoms with van der Waals surface area (Å²) in [6.07, 6.45) is 3.80. The van der Waals surface area contributed by atoms with Crippen molar-refractivity contribution < 1.29 is 4.79 Å². The van der Waals surface area contributed by atoms with Gasteiger partial charge < -0.3 is 4.90 Å². The zero-order valence-corrected chi connectivity index (χ0v) is 7.92. The molecule has 0 spiro atoms. The zero-order chi connectivity index (χ0) is 8.72. The van der Waals surface area contributed by atoms with Gasteiger partial charge in [-0.3, -0.25) is 4.79 Å². The van der Waals surface area contributed by atoms with Crippen LogP contribution in [0, 0.1) is 11.8 Å². The molecule has 2 heteroatoms. The third-order valence-electron chi connectivity index (χ3n) is 3.29. The second kappa shape index (κ2) is 2.75. The molecule has 2 fully saturated rings. The maximum absolute atomic E-state index is 11.2. The van der Waals surface area contributed by atoms with E-state index in [1.807, 2.05) is 0 Å². The molecule has 68 valence electrons. The third kappa shape index (κ3) is 1.13. The summed E-state index contributed by atoms with van der Waals surface area (Å²) in [4.78, 5) is 13.3. The van der Waals surface area contributed by atoms with Gasteiger partial charge in [0.05, 0.1) is 0 Å². The fraction of sp³-hybridized carbons (Fsp3) is 0.900. The Balaban J connectivity index is 2.01. The number of likely N-dealkylation sites (tertiary alicyclic amines) is 1. The van der Waals surface area contributed by atoms with E-state index in [9.17, 15) is 4.79 Å². The molecule has 0 aromatic carbocycles. The van der Waals surface area contributed by atoms with E-state index >= 15 is 0 Å². The average Bonchev–Trinajstić information content (AvgIpc) is 2.69. The van der Waals surface area contributed by atoms with Gasteiger partial charge in [0.1, 0.15) is 0 Å². The largest absolute Gasteiger partial charge is 0.339 e. The van der Waals surface area contributed by atoms with Gasteiger partial charge in [0.2, 0.25) is 5.91 Å². The van der Waals surface area contributed by atoms with Crippen LogP contribution in [0.3, 0.4) is 0 Å². The molecule has 1 saturated carbocycles.